The Hall–Kier alpha value is -3.65. The van der Waals surface area contributed by atoms with Crippen LogP contribution in [0.25, 0.3) is 0 Å². The van der Waals surface area contributed by atoms with Gasteiger partial charge < -0.3 is 10.2 Å². The molecule has 0 aromatic heterocycles. The summed E-state index contributed by atoms with van der Waals surface area (Å²) in [6.07, 6.45) is 13.3. The molecule has 8 heteroatoms. The number of benzene rings is 3. The summed E-state index contributed by atoms with van der Waals surface area (Å²) in [5.74, 6) is 1.84. The maximum atomic E-state index is 14.6. The normalized spacial score (nSPS) is 25.2. The van der Waals surface area contributed by atoms with Gasteiger partial charge in [-0.2, -0.15) is 0 Å². The van der Waals surface area contributed by atoms with Crippen LogP contribution < -0.4 is 9.62 Å². The van der Waals surface area contributed by atoms with Gasteiger partial charge in [-0.05, 0) is 110 Å². The van der Waals surface area contributed by atoms with Gasteiger partial charge in [0.15, 0.2) is 0 Å². The molecule has 0 unspecified atom stereocenters. The topological polar surface area (TPSA) is 86.8 Å². The Labute approximate surface area is 292 Å². The van der Waals surface area contributed by atoms with E-state index in [1.807, 2.05) is 73.7 Å². The Morgan fingerprint density at radius 3 is 2.04 bits per heavy atom. The molecule has 5 aliphatic rings. The van der Waals surface area contributed by atoms with E-state index >= 15 is 0 Å². The van der Waals surface area contributed by atoms with Crippen LogP contribution in [0.3, 0.4) is 0 Å². The lowest BCUT2D eigenvalue weighted by atomic mass is 9.48. The van der Waals surface area contributed by atoms with E-state index in [0.717, 1.165) is 66.4 Å². The van der Waals surface area contributed by atoms with Gasteiger partial charge in [0.25, 0.3) is 0 Å². The zero-order valence-electron chi connectivity index (χ0n) is 29.0. The van der Waals surface area contributed by atoms with Crippen molar-refractivity contribution in [3.8, 4) is 0 Å². The van der Waals surface area contributed by atoms with Gasteiger partial charge in [0.1, 0.15) is 12.6 Å². The second kappa shape index (κ2) is 13.9. The van der Waals surface area contributed by atoms with Crippen molar-refractivity contribution in [3.63, 3.8) is 0 Å². The van der Waals surface area contributed by atoms with Gasteiger partial charge in [-0.15, -0.1) is 0 Å². The van der Waals surface area contributed by atoms with Gasteiger partial charge in [0.2, 0.25) is 21.8 Å². The molecule has 49 heavy (non-hydrogen) atoms. The fourth-order valence-electron chi connectivity index (χ4n) is 9.99. The van der Waals surface area contributed by atoms with Gasteiger partial charge in [-0.25, -0.2) is 8.42 Å². The quantitative estimate of drug-likeness (QED) is 0.225. The first-order chi connectivity index (χ1) is 23.5. The van der Waals surface area contributed by atoms with E-state index < -0.39 is 22.0 Å². The summed E-state index contributed by atoms with van der Waals surface area (Å²) in [5, 5.41) is 3.24. The number of amides is 2. The van der Waals surface area contributed by atoms with Crippen LogP contribution in [0.1, 0.15) is 86.5 Å². The van der Waals surface area contributed by atoms with Crippen molar-refractivity contribution in [2.45, 2.75) is 102 Å². The lowest BCUT2D eigenvalue weighted by molar-refractivity contribution is -0.140. The van der Waals surface area contributed by atoms with Crippen molar-refractivity contribution >= 4 is 27.5 Å². The summed E-state index contributed by atoms with van der Waals surface area (Å²) in [7, 11) is -3.82. The summed E-state index contributed by atoms with van der Waals surface area (Å²) < 4.78 is 28.0. The van der Waals surface area contributed by atoms with E-state index in [1.54, 1.807) is 4.90 Å². The molecule has 4 bridgehead atoms. The zero-order chi connectivity index (χ0) is 34.2. The molecule has 0 aliphatic heterocycles. The molecule has 5 saturated carbocycles. The minimum atomic E-state index is -3.82. The number of nitrogens with zero attached hydrogens (tertiary/aromatic N) is 2. The van der Waals surface area contributed by atoms with Gasteiger partial charge in [-0.3, -0.25) is 13.9 Å². The fraction of sp³-hybridized carbons (Fsp3) is 0.512. The second-order valence-corrected chi connectivity index (χ2v) is 17.6. The monoisotopic (exact) mass is 681 g/mol. The minimum absolute atomic E-state index is 0.0849. The predicted molar refractivity (Wildman–Crippen MR) is 195 cm³/mol. The van der Waals surface area contributed by atoms with Crippen molar-refractivity contribution in [1.29, 1.82) is 0 Å². The SMILES string of the molecule is Cc1cccc(CN(C(=O)CN(c2ccc(C34CC5CC(CC(C5)C3)C4)cc2)S(C)(=O)=O)[C@H](Cc2ccccc2)C(=O)NC2CCCC2)c1. The molecular weight excluding hydrogens is 631 g/mol. The van der Waals surface area contributed by atoms with Gasteiger partial charge in [-0.1, -0.05) is 85.1 Å². The first kappa shape index (κ1) is 33.8. The van der Waals surface area contributed by atoms with E-state index in [1.165, 1.54) is 48.4 Å². The van der Waals surface area contributed by atoms with Crippen LogP contribution in [0, 0.1) is 24.7 Å². The number of hydrogen-bond acceptors (Lipinski definition) is 4. The maximum absolute atomic E-state index is 14.6. The first-order valence-electron chi connectivity index (χ1n) is 18.3. The Bertz CT molecular complexity index is 1720. The molecule has 260 valence electrons. The third kappa shape index (κ3) is 7.59. The number of carbonyl (C=O) groups excluding carboxylic acids is 2. The smallest absolute Gasteiger partial charge is 0.244 e. The Morgan fingerprint density at radius 2 is 1.45 bits per heavy atom. The lowest BCUT2D eigenvalue weighted by Crippen LogP contribution is -2.54. The highest BCUT2D eigenvalue weighted by Gasteiger charge is 2.51. The zero-order valence-corrected chi connectivity index (χ0v) is 29.8. The lowest BCUT2D eigenvalue weighted by Gasteiger charge is -2.57. The number of anilines is 1. The van der Waals surface area contributed by atoms with Gasteiger partial charge in [0.05, 0.1) is 11.9 Å². The van der Waals surface area contributed by atoms with Crippen molar-refractivity contribution in [3.05, 3.63) is 101 Å². The van der Waals surface area contributed by atoms with Crippen LogP contribution in [0.4, 0.5) is 5.69 Å². The van der Waals surface area contributed by atoms with E-state index in [-0.39, 0.29) is 30.5 Å². The molecule has 1 N–H and O–H groups in total. The van der Waals surface area contributed by atoms with E-state index in [0.29, 0.717) is 12.1 Å². The second-order valence-electron chi connectivity index (χ2n) is 15.7. The van der Waals surface area contributed by atoms with Crippen molar-refractivity contribution < 1.29 is 18.0 Å². The highest BCUT2D eigenvalue weighted by molar-refractivity contribution is 7.92. The number of sulfonamides is 1. The Morgan fingerprint density at radius 1 is 0.837 bits per heavy atom. The molecular formula is C41H51N3O4S. The number of nitrogens with one attached hydrogen (secondary N) is 1. The number of aryl methyl sites for hydroxylation is 1. The number of carbonyl (C=O) groups is 2. The highest BCUT2D eigenvalue weighted by atomic mass is 32.2. The largest absolute Gasteiger partial charge is 0.352 e. The minimum Gasteiger partial charge on any atom is -0.352 e. The fourth-order valence-corrected chi connectivity index (χ4v) is 10.8. The third-order valence-electron chi connectivity index (χ3n) is 11.9. The summed E-state index contributed by atoms with van der Waals surface area (Å²) in [4.78, 5) is 30.3. The Balaban J connectivity index is 1.19. The molecule has 8 rings (SSSR count). The van der Waals surface area contributed by atoms with Crippen LogP contribution in [-0.2, 0) is 38.0 Å². The average Bonchev–Trinajstić information content (AvgIpc) is 3.58. The van der Waals surface area contributed by atoms with Crippen molar-refractivity contribution in [2.75, 3.05) is 17.1 Å². The summed E-state index contributed by atoms with van der Waals surface area (Å²) in [5.41, 5.74) is 4.87. The van der Waals surface area contributed by atoms with Crippen LogP contribution in [0.2, 0.25) is 0 Å². The van der Waals surface area contributed by atoms with Crippen LogP contribution >= 0.6 is 0 Å². The molecule has 3 aromatic rings. The van der Waals surface area contributed by atoms with Crippen molar-refractivity contribution in [1.82, 2.24) is 10.2 Å². The van der Waals surface area contributed by atoms with Gasteiger partial charge in [0, 0.05) is 19.0 Å². The molecule has 1 atom stereocenters. The predicted octanol–water partition coefficient (Wildman–Crippen LogP) is 6.93. The molecule has 0 heterocycles. The molecule has 0 spiro atoms. The third-order valence-corrected chi connectivity index (χ3v) is 13.0. The molecule has 5 fully saturated rings. The van der Waals surface area contributed by atoms with E-state index in [4.69, 9.17) is 0 Å². The Kier molecular flexibility index (Phi) is 9.62. The standard InChI is InChI=1S/C41H51N3O4S/c1-29-9-8-12-31(19-29)27-43(38(23-30-10-4-3-5-11-30)40(46)42-36-13-6-7-14-36)39(45)28-44(49(2,47)48)37-17-15-35(16-18-37)41-24-32-20-33(25-41)22-34(21-32)26-41/h3-5,8-12,15-19,32-34,36,38H,6-7,13-14,20-28H2,1-2H3,(H,42,46)/t32?,33?,34?,38-,41?/m1/s1. The molecule has 0 radical (unpaired) electrons. The van der Waals surface area contributed by atoms with Crippen LogP contribution in [0.5, 0.6) is 0 Å². The molecule has 2 amide bonds. The molecule has 0 saturated heterocycles. The maximum Gasteiger partial charge on any atom is 0.244 e. The number of rotatable bonds is 12. The van der Waals surface area contributed by atoms with Gasteiger partial charge >= 0.3 is 0 Å². The van der Waals surface area contributed by atoms with Crippen LogP contribution in [0.15, 0.2) is 78.9 Å². The molecule has 5 aliphatic carbocycles. The summed E-state index contributed by atoms with van der Waals surface area (Å²) in [6, 6.07) is 25.0. The summed E-state index contributed by atoms with van der Waals surface area (Å²) in [6.45, 7) is 1.81. The highest BCUT2D eigenvalue weighted by Crippen LogP contribution is 2.60. The van der Waals surface area contributed by atoms with Crippen molar-refractivity contribution in [2.24, 2.45) is 17.8 Å². The number of hydrogen-bond donors (Lipinski definition) is 1. The molecule has 3 aromatic carbocycles. The van der Waals surface area contributed by atoms with E-state index in [2.05, 4.69) is 17.4 Å². The van der Waals surface area contributed by atoms with E-state index in [9.17, 15) is 18.0 Å². The first-order valence-corrected chi connectivity index (χ1v) is 20.2. The van der Waals surface area contributed by atoms with Crippen LogP contribution in [-0.4, -0.2) is 50.0 Å². The average molecular weight is 682 g/mol. The summed E-state index contributed by atoms with van der Waals surface area (Å²) >= 11 is 0. The molecule has 7 nitrogen and oxygen atoms in total.